The van der Waals surface area contributed by atoms with Gasteiger partial charge in [0, 0.05) is 6.42 Å². The fourth-order valence-corrected chi connectivity index (χ4v) is 2.46. The van der Waals surface area contributed by atoms with Crippen LogP contribution in [0.3, 0.4) is 0 Å². The van der Waals surface area contributed by atoms with E-state index in [1.165, 1.54) is 25.3 Å². The Kier molecular flexibility index (Phi) is 5.72. The summed E-state index contributed by atoms with van der Waals surface area (Å²) in [6, 6.07) is 9.96. The number of amides is 1. The second-order valence-electron chi connectivity index (χ2n) is 5.06. The summed E-state index contributed by atoms with van der Waals surface area (Å²) >= 11 is 6.00. The average molecular weight is 358 g/mol. The molecule has 24 heavy (non-hydrogen) atoms. The zero-order chi connectivity index (χ0) is 17.7. The van der Waals surface area contributed by atoms with Crippen molar-refractivity contribution in [2.45, 2.75) is 19.0 Å². The number of methoxy groups -OCH3 is 1. The molecule has 0 aliphatic heterocycles. The molecule has 128 valence electrons. The summed E-state index contributed by atoms with van der Waals surface area (Å²) in [6.45, 7) is 0. The summed E-state index contributed by atoms with van der Waals surface area (Å²) in [6.07, 6.45) is -4.13. The molecule has 0 unspecified atom stereocenters. The first kappa shape index (κ1) is 18.1. The number of ether oxygens (including phenoxy) is 1. The van der Waals surface area contributed by atoms with Gasteiger partial charge in [-0.05, 0) is 36.2 Å². The van der Waals surface area contributed by atoms with E-state index < -0.39 is 17.6 Å². The largest absolute Gasteiger partial charge is 0.495 e. The summed E-state index contributed by atoms with van der Waals surface area (Å²) in [5.74, 6) is 0.0163. The number of hydrogen-bond donors (Lipinski definition) is 1. The number of para-hydroxylation sites is 1. The third-order valence-corrected chi connectivity index (χ3v) is 3.66. The quantitative estimate of drug-likeness (QED) is 0.823. The zero-order valence-corrected chi connectivity index (χ0v) is 13.5. The molecule has 1 N–H and O–H groups in total. The minimum atomic E-state index is -4.52. The van der Waals surface area contributed by atoms with Crippen molar-refractivity contribution in [3.8, 4) is 5.75 Å². The van der Waals surface area contributed by atoms with Crippen LogP contribution in [0.15, 0.2) is 42.5 Å². The van der Waals surface area contributed by atoms with Crippen LogP contribution in [0.1, 0.15) is 17.5 Å². The molecular weight excluding hydrogens is 343 g/mol. The third kappa shape index (κ3) is 4.64. The minimum Gasteiger partial charge on any atom is -0.495 e. The van der Waals surface area contributed by atoms with Crippen LogP contribution in [0.25, 0.3) is 0 Å². The Balaban J connectivity index is 2.01. The van der Waals surface area contributed by atoms with E-state index in [-0.39, 0.29) is 12.1 Å². The lowest BCUT2D eigenvalue weighted by Crippen LogP contribution is -2.16. The Morgan fingerprint density at radius 2 is 1.92 bits per heavy atom. The van der Waals surface area contributed by atoms with E-state index in [1.54, 1.807) is 18.2 Å². The number of rotatable bonds is 5. The van der Waals surface area contributed by atoms with Gasteiger partial charge in [0.15, 0.2) is 0 Å². The predicted octanol–water partition coefficient (Wildman–Crippen LogP) is 4.94. The molecule has 0 aliphatic rings. The number of alkyl halides is 3. The Morgan fingerprint density at radius 3 is 2.54 bits per heavy atom. The average Bonchev–Trinajstić information content (AvgIpc) is 2.52. The second-order valence-corrected chi connectivity index (χ2v) is 5.47. The van der Waals surface area contributed by atoms with Gasteiger partial charge in [0.1, 0.15) is 5.75 Å². The van der Waals surface area contributed by atoms with Crippen molar-refractivity contribution >= 4 is 23.2 Å². The lowest BCUT2D eigenvalue weighted by atomic mass is 10.1. The number of anilines is 1. The van der Waals surface area contributed by atoms with Gasteiger partial charge in [-0.15, -0.1) is 0 Å². The smallest absolute Gasteiger partial charge is 0.418 e. The van der Waals surface area contributed by atoms with E-state index in [2.05, 4.69) is 5.32 Å². The summed E-state index contributed by atoms with van der Waals surface area (Å²) < 4.78 is 43.7. The molecule has 0 heterocycles. The maximum Gasteiger partial charge on any atom is 0.418 e. The molecule has 2 aromatic carbocycles. The standard InChI is InChI=1S/C17H15ClF3NO2/c1-24-15-8-6-11(10-13(15)18)7-9-16(23)22-14-5-3-2-4-12(14)17(19,20)21/h2-6,8,10H,7,9H2,1H3,(H,22,23). The molecule has 0 saturated heterocycles. The monoisotopic (exact) mass is 357 g/mol. The normalized spacial score (nSPS) is 11.2. The van der Waals surface area contributed by atoms with E-state index in [0.717, 1.165) is 11.6 Å². The fourth-order valence-electron chi connectivity index (χ4n) is 2.18. The van der Waals surface area contributed by atoms with Crippen LogP contribution in [0.2, 0.25) is 5.02 Å². The molecule has 1 amide bonds. The fraction of sp³-hybridized carbons (Fsp3) is 0.235. The number of benzene rings is 2. The van der Waals surface area contributed by atoms with Gasteiger partial charge in [-0.1, -0.05) is 29.8 Å². The molecule has 0 bridgehead atoms. The molecule has 0 aliphatic carbocycles. The number of halogens is 4. The molecule has 0 atom stereocenters. The highest BCUT2D eigenvalue weighted by molar-refractivity contribution is 6.32. The van der Waals surface area contributed by atoms with Gasteiger partial charge in [-0.25, -0.2) is 0 Å². The van der Waals surface area contributed by atoms with Crippen LogP contribution in [0, 0.1) is 0 Å². The van der Waals surface area contributed by atoms with Gasteiger partial charge < -0.3 is 10.1 Å². The number of aryl methyl sites for hydroxylation is 1. The van der Waals surface area contributed by atoms with Crippen molar-refractivity contribution in [2.24, 2.45) is 0 Å². The maximum absolute atomic E-state index is 12.9. The molecule has 2 aromatic rings. The van der Waals surface area contributed by atoms with Crippen molar-refractivity contribution in [3.05, 3.63) is 58.6 Å². The van der Waals surface area contributed by atoms with Crippen molar-refractivity contribution in [1.82, 2.24) is 0 Å². The van der Waals surface area contributed by atoms with E-state index in [0.29, 0.717) is 17.2 Å². The first-order chi connectivity index (χ1) is 11.3. The summed E-state index contributed by atoms with van der Waals surface area (Å²) in [5.41, 5.74) is -0.325. The number of carbonyl (C=O) groups is 1. The molecule has 3 nitrogen and oxygen atoms in total. The van der Waals surface area contributed by atoms with E-state index in [1.807, 2.05) is 0 Å². The Morgan fingerprint density at radius 1 is 1.21 bits per heavy atom. The van der Waals surface area contributed by atoms with Crippen LogP contribution in [-0.4, -0.2) is 13.0 Å². The van der Waals surface area contributed by atoms with E-state index >= 15 is 0 Å². The van der Waals surface area contributed by atoms with Crippen LogP contribution in [0.4, 0.5) is 18.9 Å². The molecule has 2 rings (SSSR count). The highest BCUT2D eigenvalue weighted by atomic mass is 35.5. The highest BCUT2D eigenvalue weighted by Gasteiger charge is 2.33. The van der Waals surface area contributed by atoms with Gasteiger partial charge in [-0.2, -0.15) is 13.2 Å². The van der Waals surface area contributed by atoms with E-state index in [4.69, 9.17) is 16.3 Å². The van der Waals surface area contributed by atoms with Gasteiger partial charge in [-0.3, -0.25) is 4.79 Å². The topological polar surface area (TPSA) is 38.3 Å². The summed E-state index contributed by atoms with van der Waals surface area (Å²) in [7, 11) is 1.49. The molecule has 0 saturated carbocycles. The molecule has 7 heteroatoms. The highest BCUT2D eigenvalue weighted by Crippen LogP contribution is 2.34. The van der Waals surface area contributed by atoms with Crippen molar-refractivity contribution in [1.29, 1.82) is 0 Å². The molecule has 0 radical (unpaired) electrons. The summed E-state index contributed by atoms with van der Waals surface area (Å²) in [5, 5.41) is 2.72. The molecule has 0 aromatic heterocycles. The number of nitrogens with one attached hydrogen (secondary N) is 1. The Hall–Kier alpha value is -2.21. The molecule has 0 fully saturated rings. The van der Waals surface area contributed by atoms with Crippen LogP contribution in [0.5, 0.6) is 5.75 Å². The Labute approximate surface area is 142 Å². The van der Waals surface area contributed by atoms with Gasteiger partial charge in [0.05, 0.1) is 23.4 Å². The van der Waals surface area contributed by atoms with Crippen LogP contribution >= 0.6 is 11.6 Å². The lowest BCUT2D eigenvalue weighted by molar-refractivity contribution is -0.137. The van der Waals surface area contributed by atoms with Crippen molar-refractivity contribution < 1.29 is 22.7 Å². The second kappa shape index (κ2) is 7.57. The Bertz CT molecular complexity index is 732. The van der Waals surface area contributed by atoms with E-state index in [9.17, 15) is 18.0 Å². The predicted molar refractivity (Wildman–Crippen MR) is 86.4 cm³/mol. The van der Waals surface area contributed by atoms with Crippen LogP contribution in [-0.2, 0) is 17.4 Å². The first-order valence-corrected chi connectivity index (χ1v) is 7.47. The minimum absolute atomic E-state index is 0.0366. The lowest BCUT2D eigenvalue weighted by Gasteiger charge is -2.13. The summed E-state index contributed by atoms with van der Waals surface area (Å²) in [4.78, 5) is 11.9. The first-order valence-electron chi connectivity index (χ1n) is 7.09. The van der Waals surface area contributed by atoms with Gasteiger partial charge >= 0.3 is 6.18 Å². The maximum atomic E-state index is 12.9. The molecular formula is C17H15ClF3NO2. The van der Waals surface area contributed by atoms with Gasteiger partial charge in [0.25, 0.3) is 0 Å². The zero-order valence-electron chi connectivity index (χ0n) is 12.8. The van der Waals surface area contributed by atoms with Gasteiger partial charge in [0.2, 0.25) is 5.91 Å². The van der Waals surface area contributed by atoms with Crippen molar-refractivity contribution in [2.75, 3.05) is 12.4 Å². The van der Waals surface area contributed by atoms with Crippen molar-refractivity contribution in [3.63, 3.8) is 0 Å². The SMILES string of the molecule is COc1ccc(CCC(=O)Nc2ccccc2C(F)(F)F)cc1Cl. The third-order valence-electron chi connectivity index (χ3n) is 3.36. The molecule has 0 spiro atoms. The number of carbonyl (C=O) groups excluding carboxylic acids is 1. The van der Waals surface area contributed by atoms with Crippen LogP contribution < -0.4 is 10.1 Å². The number of hydrogen-bond acceptors (Lipinski definition) is 2.